The van der Waals surface area contributed by atoms with Crippen molar-refractivity contribution >= 4 is 11.8 Å². The number of rotatable bonds is 4. The zero-order chi connectivity index (χ0) is 19.4. The minimum absolute atomic E-state index is 0.0183. The number of carbonyl (C=O) groups is 2. The first-order chi connectivity index (χ1) is 12.8. The molecule has 1 unspecified atom stereocenters. The molecule has 2 saturated heterocycles. The Kier molecular flexibility index (Phi) is 5.97. The Morgan fingerprint density at radius 2 is 1.96 bits per heavy atom. The van der Waals surface area contributed by atoms with Crippen molar-refractivity contribution in [1.82, 2.24) is 20.4 Å². The van der Waals surface area contributed by atoms with E-state index in [0.717, 1.165) is 25.0 Å². The van der Waals surface area contributed by atoms with E-state index in [4.69, 9.17) is 4.74 Å². The van der Waals surface area contributed by atoms with Gasteiger partial charge in [-0.1, -0.05) is 20.8 Å². The quantitative estimate of drug-likeness (QED) is 0.814. The number of piperidine rings is 2. The van der Waals surface area contributed by atoms with Gasteiger partial charge in [0.25, 0.3) is 0 Å². The highest BCUT2D eigenvalue weighted by Crippen LogP contribution is 2.23. The molecule has 7 nitrogen and oxygen atoms in total. The fourth-order valence-corrected chi connectivity index (χ4v) is 3.55. The van der Waals surface area contributed by atoms with Crippen LogP contribution in [0, 0.1) is 11.8 Å². The second kappa shape index (κ2) is 8.23. The molecule has 2 aliphatic rings. The maximum absolute atomic E-state index is 12.6. The van der Waals surface area contributed by atoms with Gasteiger partial charge < -0.3 is 15.0 Å². The van der Waals surface area contributed by atoms with Crippen molar-refractivity contribution in [3.05, 3.63) is 17.8 Å². The van der Waals surface area contributed by atoms with E-state index < -0.39 is 5.92 Å². The molecule has 0 aliphatic carbocycles. The molecule has 0 bridgehead atoms. The van der Waals surface area contributed by atoms with E-state index in [1.165, 1.54) is 0 Å². The molecule has 1 aromatic heterocycles. The van der Waals surface area contributed by atoms with E-state index in [1.54, 1.807) is 0 Å². The number of carbonyl (C=O) groups excluding carboxylic acids is 2. The van der Waals surface area contributed by atoms with Gasteiger partial charge in [0.1, 0.15) is 5.92 Å². The molecule has 3 heterocycles. The van der Waals surface area contributed by atoms with E-state index in [0.29, 0.717) is 44.5 Å². The number of ether oxygens (including phenoxy) is 1. The highest BCUT2D eigenvalue weighted by atomic mass is 16.5. The van der Waals surface area contributed by atoms with Crippen LogP contribution in [0.2, 0.25) is 0 Å². The molecule has 1 N–H and O–H groups in total. The molecule has 0 spiro atoms. The molecule has 2 amide bonds. The van der Waals surface area contributed by atoms with E-state index in [1.807, 2.05) is 17.0 Å². The molecule has 7 heteroatoms. The third-order valence-electron chi connectivity index (χ3n) is 5.39. The van der Waals surface area contributed by atoms with Crippen LogP contribution >= 0.6 is 0 Å². The predicted octanol–water partition coefficient (Wildman–Crippen LogP) is 1.92. The Hall–Kier alpha value is -2.18. The topological polar surface area (TPSA) is 84.4 Å². The van der Waals surface area contributed by atoms with Crippen molar-refractivity contribution < 1.29 is 14.3 Å². The van der Waals surface area contributed by atoms with E-state index in [-0.39, 0.29) is 17.2 Å². The van der Waals surface area contributed by atoms with Gasteiger partial charge in [0.05, 0.1) is 12.3 Å². The highest BCUT2D eigenvalue weighted by Gasteiger charge is 2.34. The summed E-state index contributed by atoms with van der Waals surface area (Å²) >= 11 is 0. The molecule has 1 atom stereocenters. The number of nitrogens with one attached hydrogen (secondary N) is 1. The lowest BCUT2D eigenvalue weighted by atomic mass is 9.92. The van der Waals surface area contributed by atoms with E-state index in [2.05, 4.69) is 36.3 Å². The molecular weight excluding hydrogens is 344 g/mol. The average Bonchev–Trinajstić information content (AvgIpc) is 2.66. The first-order valence-electron chi connectivity index (χ1n) is 9.88. The molecule has 148 valence electrons. The zero-order valence-electron chi connectivity index (χ0n) is 16.5. The number of aromatic nitrogens is 2. The molecule has 2 aliphatic heterocycles. The van der Waals surface area contributed by atoms with Crippen molar-refractivity contribution in [2.75, 3.05) is 26.2 Å². The highest BCUT2D eigenvalue weighted by molar-refractivity contribution is 6.00. The average molecular weight is 374 g/mol. The van der Waals surface area contributed by atoms with Gasteiger partial charge in [0.2, 0.25) is 17.7 Å². The second-order valence-electron chi connectivity index (χ2n) is 8.57. The van der Waals surface area contributed by atoms with E-state index >= 15 is 0 Å². The Labute approximate surface area is 160 Å². The van der Waals surface area contributed by atoms with Crippen LogP contribution in [0.4, 0.5) is 0 Å². The molecule has 0 saturated carbocycles. The first-order valence-corrected chi connectivity index (χ1v) is 9.88. The van der Waals surface area contributed by atoms with Crippen LogP contribution in [-0.4, -0.2) is 53.2 Å². The summed E-state index contributed by atoms with van der Waals surface area (Å²) in [6.07, 6.45) is 3.31. The van der Waals surface area contributed by atoms with Gasteiger partial charge >= 0.3 is 0 Å². The fraction of sp³-hybridized carbons (Fsp3) is 0.700. The Balaban J connectivity index is 1.44. The second-order valence-corrected chi connectivity index (χ2v) is 8.57. The van der Waals surface area contributed by atoms with Crippen LogP contribution in [0.15, 0.2) is 12.1 Å². The van der Waals surface area contributed by atoms with Gasteiger partial charge in [0.15, 0.2) is 0 Å². The van der Waals surface area contributed by atoms with Gasteiger partial charge in [-0.15, -0.1) is 5.10 Å². The van der Waals surface area contributed by atoms with Crippen LogP contribution in [0.5, 0.6) is 5.88 Å². The third kappa shape index (κ3) is 4.96. The van der Waals surface area contributed by atoms with Gasteiger partial charge in [-0.25, -0.2) is 0 Å². The third-order valence-corrected chi connectivity index (χ3v) is 5.39. The summed E-state index contributed by atoms with van der Waals surface area (Å²) in [4.78, 5) is 26.3. The van der Waals surface area contributed by atoms with Crippen LogP contribution in [0.25, 0.3) is 0 Å². The lowest BCUT2D eigenvalue weighted by Gasteiger charge is -2.34. The number of nitrogens with zero attached hydrogens (tertiary/aromatic N) is 3. The SMILES string of the molecule is CC(C)(C)c1ccc(OCC2CCN(C(=O)C3CCCNC3=O)CC2)nn1. The summed E-state index contributed by atoms with van der Waals surface area (Å²) in [5.41, 5.74) is 0.911. The van der Waals surface area contributed by atoms with Gasteiger partial charge in [-0.3, -0.25) is 9.59 Å². The number of hydrogen-bond acceptors (Lipinski definition) is 5. The summed E-state index contributed by atoms with van der Waals surface area (Å²) in [5, 5.41) is 11.2. The van der Waals surface area contributed by atoms with Crippen molar-refractivity contribution in [3.8, 4) is 5.88 Å². The summed E-state index contributed by atoms with van der Waals surface area (Å²) < 4.78 is 5.80. The Morgan fingerprint density at radius 3 is 2.56 bits per heavy atom. The van der Waals surface area contributed by atoms with Crippen molar-refractivity contribution in [3.63, 3.8) is 0 Å². The van der Waals surface area contributed by atoms with Gasteiger partial charge in [0, 0.05) is 31.1 Å². The fourth-order valence-electron chi connectivity index (χ4n) is 3.55. The van der Waals surface area contributed by atoms with Crippen LogP contribution < -0.4 is 10.1 Å². The lowest BCUT2D eigenvalue weighted by Crippen LogP contribution is -2.49. The summed E-state index contributed by atoms with van der Waals surface area (Å²) in [5.74, 6) is 0.297. The summed E-state index contributed by atoms with van der Waals surface area (Å²) in [6, 6.07) is 3.83. The lowest BCUT2D eigenvalue weighted by molar-refractivity contribution is -0.144. The molecular formula is C20H30N4O3. The van der Waals surface area contributed by atoms with Crippen molar-refractivity contribution in [1.29, 1.82) is 0 Å². The monoisotopic (exact) mass is 374 g/mol. The molecule has 2 fully saturated rings. The zero-order valence-corrected chi connectivity index (χ0v) is 16.5. The summed E-state index contributed by atoms with van der Waals surface area (Å²) in [7, 11) is 0. The smallest absolute Gasteiger partial charge is 0.235 e. The van der Waals surface area contributed by atoms with Crippen LogP contribution in [0.3, 0.4) is 0 Å². The molecule has 3 rings (SSSR count). The standard InChI is InChI=1S/C20H30N4O3/c1-20(2,3)16-6-7-17(23-22-16)27-13-14-8-11-24(12-9-14)19(26)15-5-4-10-21-18(15)25/h6-7,14-15H,4-5,8-13H2,1-3H3,(H,21,25). The molecule has 27 heavy (non-hydrogen) atoms. The minimum atomic E-state index is -0.497. The molecule has 1 aromatic rings. The van der Waals surface area contributed by atoms with Crippen LogP contribution in [0.1, 0.15) is 52.1 Å². The van der Waals surface area contributed by atoms with Crippen molar-refractivity contribution in [2.45, 2.75) is 51.9 Å². The summed E-state index contributed by atoms with van der Waals surface area (Å²) in [6.45, 7) is 8.93. The van der Waals surface area contributed by atoms with Gasteiger partial charge in [-0.2, -0.15) is 5.10 Å². The maximum atomic E-state index is 12.6. The van der Waals surface area contributed by atoms with Crippen LogP contribution in [-0.2, 0) is 15.0 Å². The largest absolute Gasteiger partial charge is 0.476 e. The number of likely N-dealkylation sites (tertiary alicyclic amines) is 1. The molecule has 0 radical (unpaired) electrons. The predicted molar refractivity (Wildman–Crippen MR) is 101 cm³/mol. The number of amides is 2. The Morgan fingerprint density at radius 1 is 1.22 bits per heavy atom. The minimum Gasteiger partial charge on any atom is -0.476 e. The first kappa shape index (κ1) is 19.6. The van der Waals surface area contributed by atoms with Crippen molar-refractivity contribution in [2.24, 2.45) is 11.8 Å². The maximum Gasteiger partial charge on any atom is 0.235 e. The Bertz CT molecular complexity index is 661. The normalized spacial score (nSPS) is 21.7. The van der Waals surface area contributed by atoms with Gasteiger partial charge in [-0.05, 0) is 37.7 Å². The number of hydrogen-bond donors (Lipinski definition) is 1. The molecule has 0 aromatic carbocycles. The van der Waals surface area contributed by atoms with E-state index in [9.17, 15) is 9.59 Å².